The molecular weight excluding hydrogens is 525 g/mol. The monoisotopic (exact) mass is 556 g/mol. The van der Waals surface area contributed by atoms with Crippen LogP contribution in [0.5, 0.6) is 5.75 Å². The van der Waals surface area contributed by atoms with Crippen LogP contribution in [0.25, 0.3) is 22.2 Å². The second-order valence-electron chi connectivity index (χ2n) is 10.4. The number of thioether (sulfide) groups is 1. The van der Waals surface area contributed by atoms with E-state index in [2.05, 4.69) is 30.7 Å². The lowest BCUT2D eigenvalue weighted by Crippen LogP contribution is -2.20. The molecule has 4 aromatic rings. The van der Waals surface area contributed by atoms with E-state index in [-0.39, 0.29) is 23.1 Å². The van der Waals surface area contributed by atoms with E-state index < -0.39 is 17.7 Å². The Morgan fingerprint density at radius 2 is 1.77 bits per heavy atom. The highest BCUT2D eigenvalue weighted by atomic mass is 32.2. The number of pyridine rings is 1. The number of aromatic nitrogens is 2. The first-order chi connectivity index (χ1) is 18.3. The first-order valence-electron chi connectivity index (χ1n) is 12.6. The number of aromatic amines is 1. The second-order valence-corrected chi connectivity index (χ2v) is 12.2. The average Bonchev–Trinajstić information content (AvgIpc) is 3.21. The van der Waals surface area contributed by atoms with Gasteiger partial charge in [-0.1, -0.05) is 45.0 Å². The van der Waals surface area contributed by atoms with Gasteiger partial charge in [0, 0.05) is 43.6 Å². The van der Waals surface area contributed by atoms with Gasteiger partial charge in [-0.05, 0) is 50.1 Å². The van der Waals surface area contributed by atoms with Gasteiger partial charge in [0.15, 0.2) is 0 Å². The lowest BCUT2D eigenvalue weighted by Gasteiger charge is -2.22. The van der Waals surface area contributed by atoms with Crippen molar-refractivity contribution in [1.82, 2.24) is 9.97 Å². The Hall–Kier alpha value is -3.46. The van der Waals surface area contributed by atoms with Gasteiger partial charge < -0.3 is 14.8 Å². The summed E-state index contributed by atoms with van der Waals surface area (Å²) in [6, 6.07) is 13.1. The number of aryl methyl sites for hydroxylation is 1. The van der Waals surface area contributed by atoms with Gasteiger partial charge in [-0.3, -0.25) is 9.78 Å². The minimum Gasteiger partial charge on any atom is -0.508 e. The van der Waals surface area contributed by atoms with Crippen molar-refractivity contribution in [3.05, 3.63) is 77.1 Å². The molecule has 0 saturated carbocycles. The molecule has 0 amide bonds. The highest BCUT2D eigenvalue weighted by molar-refractivity contribution is 8.00. The molecule has 2 aromatic heterocycles. The quantitative estimate of drug-likeness (QED) is 0.178. The Labute approximate surface area is 229 Å². The molecule has 2 aromatic carbocycles. The van der Waals surface area contributed by atoms with Crippen LogP contribution >= 0.6 is 11.8 Å². The number of esters is 1. The van der Waals surface area contributed by atoms with Gasteiger partial charge in [0.25, 0.3) is 0 Å². The molecule has 2 N–H and O–H groups in total. The number of ether oxygens (including phenoxy) is 1. The predicted molar refractivity (Wildman–Crippen MR) is 148 cm³/mol. The molecule has 0 aliphatic rings. The van der Waals surface area contributed by atoms with Gasteiger partial charge in [-0.15, -0.1) is 11.8 Å². The summed E-state index contributed by atoms with van der Waals surface area (Å²) >= 11 is 1.62. The summed E-state index contributed by atoms with van der Waals surface area (Å²) in [5.41, 5.74) is 3.43. The van der Waals surface area contributed by atoms with Crippen molar-refractivity contribution >= 4 is 28.6 Å². The van der Waals surface area contributed by atoms with Gasteiger partial charge in [-0.25, -0.2) is 0 Å². The van der Waals surface area contributed by atoms with Crippen LogP contribution in [0, 0.1) is 6.92 Å². The van der Waals surface area contributed by atoms with Crippen LogP contribution in [0.2, 0.25) is 0 Å². The number of carbonyl (C=O) groups is 1. The summed E-state index contributed by atoms with van der Waals surface area (Å²) in [5.74, 6) is -0.821. The van der Waals surface area contributed by atoms with Crippen molar-refractivity contribution in [1.29, 1.82) is 0 Å². The summed E-state index contributed by atoms with van der Waals surface area (Å²) in [7, 11) is 0. The molecule has 0 saturated heterocycles. The first kappa shape index (κ1) is 28.5. The fraction of sp³-hybridized carbons (Fsp3) is 0.333. The number of H-pyrrole nitrogens is 1. The summed E-state index contributed by atoms with van der Waals surface area (Å²) in [4.78, 5) is 21.6. The van der Waals surface area contributed by atoms with E-state index in [4.69, 9.17) is 4.74 Å². The number of aromatic hydroxyl groups is 1. The third-order valence-electron chi connectivity index (χ3n) is 6.29. The fourth-order valence-electron chi connectivity index (χ4n) is 4.42. The van der Waals surface area contributed by atoms with Gasteiger partial charge >= 0.3 is 12.1 Å². The van der Waals surface area contributed by atoms with Crippen molar-refractivity contribution in [3.8, 4) is 17.0 Å². The number of hydrogen-bond donors (Lipinski definition) is 2. The average molecular weight is 557 g/mol. The van der Waals surface area contributed by atoms with Crippen LogP contribution in [0.4, 0.5) is 13.2 Å². The van der Waals surface area contributed by atoms with Crippen molar-refractivity contribution < 1.29 is 27.8 Å². The van der Waals surface area contributed by atoms with E-state index in [9.17, 15) is 23.1 Å². The van der Waals surface area contributed by atoms with Crippen LogP contribution in [0.15, 0.2) is 59.6 Å². The molecule has 4 rings (SSSR count). The molecular formula is C30H31F3N2O3S. The van der Waals surface area contributed by atoms with Gasteiger partial charge in [0.05, 0.1) is 17.9 Å². The molecule has 0 bridgehead atoms. The summed E-state index contributed by atoms with van der Waals surface area (Å²) in [5, 5.41) is 11.3. The number of fused-ring (bicyclic) bond motifs is 1. The Kier molecular flexibility index (Phi) is 8.02. The number of alkyl halides is 3. The molecule has 0 fully saturated rings. The van der Waals surface area contributed by atoms with Gasteiger partial charge in [0.1, 0.15) is 11.7 Å². The van der Waals surface area contributed by atoms with Crippen LogP contribution in [0.3, 0.4) is 0 Å². The van der Waals surface area contributed by atoms with Gasteiger partial charge in [0.2, 0.25) is 0 Å². The molecule has 1 unspecified atom stereocenters. The zero-order valence-corrected chi connectivity index (χ0v) is 23.3. The van der Waals surface area contributed by atoms with Crippen LogP contribution in [-0.2, 0) is 22.1 Å². The SMILES string of the molecule is CCOC(=O)C(Cc1ccc(-c2ccc(C(F)(F)F)cn2)cc1)c1[nH]c2ccc(O)c(C)c2c1SC(C)(C)C. The maximum absolute atomic E-state index is 13.3. The maximum atomic E-state index is 13.3. The highest BCUT2D eigenvalue weighted by Crippen LogP contribution is 2.45. The summed E-state index contributed by atoms with van der Waals surface area (Å²) < 4.78 is 44.0. The zero-order chi connectivity index (χ0) is 28.5. The van der Waals surface area contributed by atoms with Crippen molar-refractivity contribution in [3.63, 3.8) is 0 Å². The summed E-state index contributed by atoms with van der Waals surface area (Å²) in [6.07, 6.45) is -3.28. The normalized spacial score (nSPS) is 13.0. The Bertz CT molecular complexity index is 1470. The minimum atomic E-state index is -4.44. The third-order valence-corrected chi connectivity index (χ3v) is 7.53. The standard InChI is InChI=1S/C30H31F3N2O3S/c1-6-38-28(37)21(26-27(39-29(3,4)5)25-17(2)24(36)14-13-23(25)35-26)15-18-7-9-19(10-8-18)22-12-11-20(16-34-22)30(31,32)33/h7-14,16,21,35-36H,6,15H2,1-5H3. The molecule has 1 atom stereocenters. The number of carbonyl (C=O) groups excluding carboxylic acids is 1. The Morgan fingerprint density at radius 1 is 1.08 bits per heavy atom. The molecule has 0 spiro atoms. The van der Waals surface area contributed by atoms with E-state index >= 15 is 0 Å². The van der Waals surface area contributed by atoms with Crippen molar-refractivity contribution in [2.24, 2.45) is 0 Å². The number of halogens is 3. The number of nitrogens with one attached hydrogen (secondary N) is 1. The number of hydrogen-bond acceptors (Lipinski definition) is 5. The largest absolute Gasteiger partial charge is 0.508 e. The number of nitrogens with zero attached hydrogens (tertiary/aromatic N) is 1. The molecule has 0 aliphatic carbocycles. The smallest absolute Gasteiger partial charge is 0.417 e. The lowest BCUT2D eigenvalue weighted by molar-refractivity contribution is -0.145. The second kappa shape index (κ2) is 11.0. The maximum Gasteiger partial charge on any atom is 0.417 e. The van der Waals surface area contributed by atoms with E-state index in [1.807, 2.05) is 25.1 Å². The van der Waals surface area contributed by atoms with Crippen LogP contribution in [0.1, 0.15) is 56.0 Å². The number of rotatable bonds is 7. The van der Waals surface area contributed by atoms with E-state index in [1.54, 1.807) is 36.9 Å². The van der Waals surface area contributed by atoms with Crippen LogP contribution < -0.4 is 0 Å². The molecule has 9 heteroatoms. The number of phenols is 1. The van der Waals surface area contributed by atoms with E-state index in [1.165, 1.54) is 6.07 Å². The predicted octanol–water partition coefficient (Wildman–Crippen LogP) is 8.04. The van der Waals surface area contributed by atoms with Gasteiger partial charge in [-0.2, -0.15) is 13.2 Å². The molecule has 0 radical (unpaired) electrons. The number of phenolic OH excluding ortho intramolecular Hbond substituents is 1. The minimum absolute atomic E-state index is 0.169. The lowest BCUT2D eigenvalue weighted by atomic mass is 9.94. The molecule has 0 aliphatic heterocycles. The molecule has 5 nitrogen and oxygen atoms in total. The number of benzene rings is 2. The molecule has 206 valence electrons. The zero-order valence-electron chi connectivity index (χ0n) is 22.4. The molecule has 2 heterocycles. The Balaban J connectivity index is 1.72. The van der Waals surface area contributed by atoms with Crippen LogP contribution in [-0.4, -0.2) is 32.4 Å². The fourth-order valence-corrected chi connectivity index (χ4v) is 5.70. The Morgan fingerprint density at radius 3 is 2.33 bits per heavy atom. The van der Waals surface area contributed by atoms with E-state index in [0.717, 1.165) is 44.9 Å². The topological polar surface area (TPSA) is 75.2 Å². The first-order valence-corrected chi connectivity index (χ1v) is 13.4. The van der Waals surface area contributed by atoms with Crippen molar-refractivity contribution in [2.75, 3.05) is 6.61 Å². The van der Waals surface area contributed by atoms with Crippen molar-refractivity contribution in [2.45, 2.75) is 62.8 Å². The third kappa shape index (κ3) is 6.41. The molecule has 39 heavy (non-hydrogen) atoms. The highest BCUT2D eigenvalue weighted by Gasteiger charge is 2.32. The van der Waals surface area contributed by atoms with E-state index in [0.29, 0.717) is 17.7 Å². The summed E-state index contributed by atoms with van der Waals surface area (Å²) in [6.45, 7) is 10.1.